The monoisotopic (exact) mass is 305 g/mol. The summed E-state index contributed by atoms with van der Waals surface area (Å²) in [7, 11) is -2.93. The van der Waals surface area contributed by atoms with Gasteiger partial charge in [0.25, 0.3) is 0 Å². The van der Waals surface area contributed by atoms with Crippen LogP contribution in [0.5, 0.6) is 5.75 Å². The molecular weight excluding hydrogens is 286 g/mol. The van der Waals surface area contributed by atoms with E-state index in [1.54, 1.807) is 19.1 Å². The standard InChI is InChI=1S/C13H20ClNO3S/c1-3-19(16,17)8-4-7-18-13-6-5-11(10(2)15)9-12(13)14/h5-6,9-10H,3-4,7-8,15H2,1-2H3. The van der Waals surface area contributed by atoms with Gasteiger partial charge in [0.05, 0.1) is 17.4 Å². The van der Waals surface area contributed by atoms with Gasteiger partial charge in [-0.15, -0.1) is 0 Å². The van der Waals surface area contributed by atoms with E-state index in [2.05, 4.69) is 0 Å². The normalized spacial score (nSPS) is 13.3. The second-order valence-electron chi connectivity index (χ2n) is 4.42. The molecule has 1 unspecified atom stereocenters. The molecule has 1 rings (SSSR count). The zero-order chi connectivity index (χ0) is 14.5. The predicted octanol–water partition coefficient (Wildman–Crippen LogP) is 2.56. The van der Waals surface area contributed by atoms with Crippen LogP contribution in [0.1, 0.15) is 31.9 Å². The summed E-state index contributed by atoms with van der Waals surface area (Å²) < 4.78 is 28.1. The molecule has 0 amide bonds. The van der Waals surface area contributed by atoms with Crippen molar-refractivity contribution in [3.8, 4) is 5.75 Å². The van der Waals surface area contributed by atoms with Crippen LogP contribution < -0.4 is 10.5 Å². The fourth-order valence-corrected chi connectivity index (χ4v) is 2.61. The van der Waals surface area contributed by atoms with Gasteiger partial charge in [-0.2, -0.15) is 0 Å². The summed E-state index contributed by atoms with van der Waals surface area (Å²) in [6.07, 6.45) is 0.460. The van der Waals surface area contributed by atoms with Crippen LogP contribution in [0.4, 0.5) is 0 Å². The molecule has 0 saturated carbocycles. The van der Waals surface area contributed by atoms with Crippen molar-refractivity contribution in [2.45, 2.75) is 26.3 Å². The van der Waals surface area contributed by atoms with Gasteiger partial charge in [0, 0.05) is 11.8 Å². The van der Waals surface area contributed by atoms with E-state index < -0.39 is 9.84 Å². The van der Waals surface area contributed by atoms with Crippen molar-refractivity contribution >= 4 is 21.4 Å². The summed E-state index contributed by atoms with van der Waals surface area (Å²) >= 11 is 6.07. The summed E-state index contributed by atoms with van der Waals surface area (Å²) in [4.78, 5) is 0. The Balaban J connectivity index is 2.50. The summed E-state index contributed by atoms with van der Waals surface area (Å²) in [6, 6.07) is 5.30. The minimum absolute atomic E-state index is 0.0822. The Morgan fingerprint density at radius 3 is 2.63 bits per heavy atom. The number of hydrogen-bond acceptors (Lipinski definition) is 4. The fourth-order valence-electron chi connectivity index (χ4n) is 1.52. The Morgan fingerprint density at radius 1 is 1.42 bits per heavy atom. The smallest absolute Gasteiger partial charge is 0.150 e. The number of nitrogens with two attached hydrogens (primary N) is 1. The van der Waals surface area contributed by atoms with Gasteiger partial charge in [0.2, 0.25) is 0 Å². The van der Waals surface area contributed by atoms with Gasteiger partial charge in [0.15, 0.2) is 0 Å². The van der Waals surface area contributed by atoms with Gasteiger partial charge in [-0.25, -0.2) is 8.42 Å². The highest BCUT2D eigenvalue weighted by Gasteiger charge is 2.08. The Hall–Kier alpha value is -0.780. The van der Waals surface area contributed by atoms with E-state index in [0.29, 0.717) is 23.8 Å². The SMILES string of the molecule is CCS(=O)(=O)CCCOc1ccc(C(C)N)cc1Cl. The zero-order valence-corrected chi connectivity index (χ0v) is 12.8. The van der Waals surface area contributed by atoms with Gasteiger partial charge in [-0.3, -0.25) is 0 Å². The van der Waals surface area contributed by atoms with Gasteiger partial charge in [-0.05, 0) is 31.0 Å². The number of sulfone groups is 1. The molecule has 0 radical (unpaired) electrons. The maximum atomic E-state index is 11.3. The molecular formula is C13H20ClNO3S. The quantitative estimate of drug-likeness (QED) is 0.786. The lowest BCUT2D eigenvalue weighted by molar-refractivity contribution is 0.318. The Labute approximate surface area is 119 Å². The lowest BCUT2D eigenvalue weighted by atomic mass is 10.1. The molecule has 1 aromatic rings. The second kappa shape index (κ2) is 7.12. The van der Waals surface area contributed by atoms with Gasteiger partial charge < -0.3 is 10.5 Å². The minimum atomic E-state index is -2.93. The third-order valence-corrected chi connectivity index (χ3v) is 4.86. The van der Waals surface area contributed by atoms with Crippen molar-refractivity contribution in [1.82, 2.24) is 0 Å². The first-order valence-corrected chi connectivity index (χ1v) is 8.44. The topological polar surface area (TPSA) is 69.4 Å². The van der Waals surface area contributed by atoms with Crippen LogP contribution in [0, 0.1) is 0 Å². The molecule has 108 valence electrons. The third-order valence-electron chi connectivity index (χ3n) is 2.78. The van der Waals surface area contributed by atoms with Crippen LogP contribution in [0.25, 0.3) is 0 Å². The van der Waals surface area contributed by atoms with Crippen LogP contribution >= 0.6 is 11.6 Å². The van der Waals surface area contributed by atoms with E-state index in [1.165, 1.54) is 0 Å². The fraction of sp³-hybridized carbons (Fsp3) is 0.538. The van der Waals surface area contributed by atoms with E-state index in [-0.39, 0.29) is 17.5 Å². The van der Waals surface area contributed by atoms with Gasteiger partial charge in [0.1, 0.15) is 15.6 Å². The Bertz CT molecular complexity index is 515. The molecule has 0 spiro atoms. The summed E-state index contributed by atoms with van der Waals surface area (Å²) in [5.74, 6) is 0.857. The average molecular weight is 306 g/mol. The Kier molecular flexibility index (Phi) is 6.10. The van der Waals surface area contributed by atoms with E-state index in [4.69, 9.17) is 22.1 Å². The first-order valence-electron chi connectivity index (χ1n) is 6.24. The summed E-state index contributed by atoms with van der Waals surface area (Å²) in [6.45, 7) is 3.85. The maximum absolute atomic E-state index is 11.3. The number of hydrogen-bond donors (Lipinski definition) is 1. The average Bonchev–Trinajstić information content (AvgIpc) is 2.36. The van der Waals surface area contributed by atoms with E-state index in [1.807, 2.05) is 13.0 Å². The highest BCUT2D eigenvalue weighted by molar-refractivity contribution is 7.91. The maximum Gasteiger partial charge on any atom is 0.150 e. The molecule has 6 heteroatoms. The molecule has 0 bridgehead atoms. The summed E-state index contributed by atoms with van der Waals surface area (Å²) in [5.41, 5.74) is 6.69. The van der Waals surface area contributed by atoms with Crippen LogP contribution in [0.3, 0.4) is 0 Å². The van der Waals surface area contributed by atoms with Crippen LogP contribution in [-0.2, 0) is 9.84 Å². The summed E-state index contributed by atoms with van der Waals surface area (Å²) in [5, 5.41) is 0.494. The van der Waals surface area contributed by atoms with Crippen LogP contribution in [-0.4, -0.2) is 26.5 Å². The largest absolute Gasteiger partial charge is 0.492 e. The van der Waals surface area contributed by atoms with E-state index in [9.17, 15) is 8.42 Å². The predicted molar refractivity (Wildman–Crippen MR) is 78.5 cm³/mol. The lowest BCUT2D eigenvalue weighted by Crippen LogP contribution is -2.12. The van der Waals surface area contributed by atoms with Gasteiger partial charge >= 0.3 is 0 Å². The first-order chi connectivity index (χ1) is 8.85. The molecule has 0 aliphatic heterocycles. The van der Waals surface area contributed by atoms with Crippen LogP contribution in [0.2, 0.25) is 5.02 Å². The molecule has 0 aliphatic carbocycles. The van der Waals surface area contributed by atoms with Crippen molar-refractivity contribution in [1.29, 1.82) is 0 Å². The molecule has 0 saturated heterocycles. The van der Waals surface area contributed by atoms with E-state index in [0.717, 1.165) is 5.56 Å². The van der Waals surface area contributed by atoms with Crippen LogP contribution in [0.15, 0.2) is 18.2 Å². The molecule has 2 N–H and O–H groups in total. The molecule has 4 nitrogen and oxygen atoms in total. The highest BCUT2D eigenvalue weighted by atomic mass is 35.5. The molecule has 0 aliphatic rings. The second-order valence-corrected chi connectivity index (χ2v) is 7.30. The molecule has 1 atom stereocenters. The van der Waals surface area contributed by atoms with Crippen molar-refractivity contribution in [3.63, 3.8) is 0 Å². The molecule has 0 heterocycles. The van der Waals surface area contributed by atoms with Crippen molar-refractivity contribution in [2.75, 3.05) is 18.1 Å². The van der Waals surface area contributed by atoms with Crippen molar-refractivity contribution in [3.05, 3.63) is 28.8 Å². The Morgan fingerprint density at radius 2 is 2.11 bits per heavy atom. The molecule has 0 fully saturated rings. The third kappa shape index (κ3) is 5.38. The minimum Gasteiger partial charge on any atom is -0.492 e. The number of halogens is 1. The van der Waals surface area contributed by atoms with E-state index >= 15 is 0 Å². The molecule has 0 aromatic heterocycles. The van der Waals surface area contributed by atoms with Gasteiger partial charge in [-0.1, -0.05) is 24.6 Å². The number of benzene rings is 1. The number of rotatable bonds is 7. The number of ether oxygens (including phenoxy) is 1. The molecule has 1 aromatic carbocycles. The first kappa shape index (κ1) is 16.3. The lowest BCUT2D eigenvalue weighted by Gasteiger charge is -2.11. The van der Waals surface area contributed by atoms with Crippen molar-refractivity contribution in [2.24, 2.45) is 5.73 Å². The zero-order valence-electron chi connectivity index (χ0n) is 11.2. The van der Waals surface area contributed by atoms with Crippen molar-refractivity contribution < 1.29 is 13.2 Å². The highest BCUT2D eigenvalue weighted by Crippen LogP contribution is 2.27. The molecule has 19 heavy (non-hydrogen) atoms.